The molecule has 0 bridgehead atoms. The van der Waals surface area contributed by atoms with Crippen LogP contribution >= 0.6 is 11.3 Å². The first-order chi connectivity index (χ1) is 15.4. The van der Waals surface area contributed by atoms with Gasteiger partial charge in [0.1, 0.15) is 0 Å². The number of nitrogens with one attached hydrogen (secondary N) is 2. The Hall–Kier alpha value is -3.69. The Morgan fingerprint density at radius 2 is 1.97 bits per heavy atom. The Kier molecular flexibility index (Phi) is 5.93. The van der Waals surface area contributed by atoms with E-state index in [1.807, 2.05) is 73.0 Å². The van der Waals surface area contributed by atoms with Crippen molar-refractivity contribution < 1.29 is 4.79 Å². The fourth-order valence-corrected chi connectivity index (χ4v) is 5.10. The van der Waals surface area contributed by atoms with Gasteiger partial charge in [-0.2, -0.15) is 5.26 Å². The highest BCUT2D eigenvalue weighted by molar-refractivity contribution is 7.10. The van der Waals surface area contributed by atoms with Crippen molar-refractivity contribution in [3.63, 3.8) is 0 Å². The van der Waals surface area contributed by atoms with Gasteiger partial charge in [0.2, 0.25) is 5.91 Å². The van der Waals surface area contributed by atoms with Crippen LogP contribution in [0.2, 0.25) is 0 Å². The van der Waals surface area contributed by atoms with Crippen LogP contribution in [0.3, 0.4) is 0 Å². The number of hydrogen-bond donors (Lipinski definition) is 2. The Bertz CT molecular complexity index is 1220. The Morgan fingerprint density at radius 3 is 2.72 bits per heavy atom. The molecule has 0 aliphatic carbocycles. The van der Waals surface area contributed by atoms with Crippen molar-refractivity contribution in [2.45, 2.75) is 18.9 Å². The Balaban J connectivity index is 1.66. The molecular weight excluding hydrogens is 416 g/mol. The highest BCUT2D eigenvalue weighted by Gasteiger charge is 2.47. The van der Waals surface area contributed by atoms with Gasteiger partial charge in [0.15, 0.2) is 5.96 Å². The average Bonchev–Trinajstić information content (AvgIpc) is 3.32. The number of amides is 1. The van der Waals surface area contributed by atoms with Gasteiger partial charge in [-0.25, -0.2) is 0 Å². The summed E-state index contributed by atoms with van der Waals surface area (Å²) in [5, 5.41) is 22.8. The minimum atomic E-state index is -0.711. The van der Waals surface area contributed by atoms with Crippen LogP contribution in [0.1, 0.15) is 29.3 Å². The van der Waals surface area contributed by atoms with Crippen LogP contribution in [-0.4, -0.2) is 23.8 Å². The van der Waals surface area contributed by atoms with Crippen molar-refractivity contribution in [2.75, 3.05) is 7.05 Å². The van der Waals surface area contributed by atoms with Crippen molar-refractivity contribution >= 4 is 29.3 Å². The van der Waals surface area contributed by atoms with Crippen LogP contribution in [0.5, 0.6) is 0 Å². The lowest BCUT2D eigenvalue weighted by Crippen LogP contribution is -2.63. The second kappa shape index (κ2) is 8.81. The van der Waals surface area contributed by atoms with Gasteiger partial charge in [-0.1, -0.05) is 54.6 Å². The summed E-state index contributed by atoms with van der Waals surface area (Å²) in [6, 6.07) is 21.7. The van der Waals surface area contributed by atoms with Gasteiger partial charge < -0.3 is 5.32 Å². The standard InChI is InChI=1S/C26H24N4OS/c1-26(23-15-21(17-32-23)20-12-6-11-19(14-20)16-27)22(24(31)30(2)25(28)29-26)13-7-10-18-8-4-3-5-9-18/h3-12,14-15,17,22H,13H2,1-2H3,(H2,28,29)/b10-7+/t22?,26-/m0/s1. The number of thiophene rings is 1. The third-order valence-corrected chi connectivity index (χ3v) is 7.12. The quantitative estimate of drug-likeness (QED) is 0.571. The minimum Gasteiger partial charge on any atom is -0.345 e. The highest BCUT2D eigenvalue weighted by atomic mass is 32.1. The fourth-order valence-electron chi connectivity index (χ4n) is 4.01. The van der Waals surface area contributed by atoms with Gasteiger partial charge in [-0.3, -0.25) is 15.1 Å². The summed E-state index contributed by atoms with van der Waals surface area (Å²) in [6.45, 7) is 1.99. The van der Waals surface area contributed by atoms with E-state index in [2.05, 4.69) is 17.5 Å². The lowest BCUT2D eigenvalue weighted by Gasteiger charge is -2.44. The van der Waals surface area contributed by atoms with Gasteiger partial charge in [0.05, 0.1) is 23.1 Å². The van der Waals surface area contributed by atoms with Crippen LogP contribution in [0.25, 0.3) is 17.2 Å². The number of benzene rings is 2. The van der Waals surface area contributed by atoms with Crippen LogP contribution < -0.4 is 5.32 Å². The maximum absolute atomic E-state index is 13.2. The van der Waals surface area contributed by atoms with E-state index in [4.69, 9.17) is 5.41 Å². The third-order valence-electron chi connectivity index (χ3n) is 5.96. The number of rotatable bonds is 5. The molecule has 32 heavy (non-hydrogen) atoms. The molecule has 1 saturated heterocycles. The number of hydrogen-bond acceptors (Lipinski definition) is 4. The SMILES string of the molecule is CN1C(=N)N[C@](C)(c2cc(-c3cccc(C#N)c3)cs2)C(C/C=C/c2ccccc2)C1=O. The van der Waals surface area contributed by atoms with Crippen molar-refractivity contribution in [1.82, 2.24) is 10.2 Å². The van der Waals surface area contributed by atoms with E-state index >= 15 is 0 Å². The molecule has 0 radical (unpaired) electrons. The van der Waals surface area contributed by atoms with Crippen LogP contribution in [-0.2, 0) is 10.3 Å². The molecule has 1 aromatic heterocycles. The second-order valence-corrected chi connectivity index (χ2v) is 8.98. The number of guanidine groups is 1. The van der Waals surface area contributed by atoms with Crippen molar-refractivity contribution in [3.05, 3.63) is 88.1 Å². The predicted octanol–water partition coefficient (Wildman–Crippen LogP) is 5.22. The van der Waals surface area contributed by atoms with Crippen LogP contribution in [0, 0.1) is 22.7 Å². The molecule has 4 rings (SSSR count). The van der Waals surface area contributed by atoms with Crippen LogP contribution in [0.15, 0.2) is 72.1 Å². The Morgan fingerprint density at radius 1 is 1.19 bits per heavy atom. The first kappa shape index (κ1) is 21.5. The lowest BCUT2D eigenvalue weighted by atomic mass is 9.79. The first-order valence-electron chi connectivity index (χ1n) is 10.4. The monoisotopic (exact) mass is 440 g/mol. The molecule has 5 nitrogen and oxygen atoms in total. The smallest absolute Gasteiger partial charge is 0.235 e. The topological polar surface area (TPSA) is 80.0 Å². The summed E-state index contributed by atoms with van der Waals surface area (Å²) in [5.41, 5.74) is 2.95. The number of nitrogens with zero attached hydrogens (tertiary/aromatic N) is 2. The van der Waals surface area contributed by atoms with E-state index in [-0.39, 0.29) is 17.8 Å². The van der Waals surface area contributed by atoms with Gasteiger partial charge in [0.25, 0.3) is 0 Å². The van der Waals surface area contributed by atoms with E-state index in [1.54, 1.807) is 24.5 Å². The zero-order chi connectivity index (χ0) is 22.7. The molecule has 1 aliphatic rings. The van der Waals surface area contributed by atoms with E-state index in [9.17, 15) is 10.1 Å². The van der Waals surface area contributed by atoms with E-state index < -0.39 is 5.54 Å². The zero-order valence-electron chi connectivity index (χ0n) is 18.0. The van der Waals surface area contributed by atoms with E-state index in [0.717, 1.165) is 21.6 Å². The van der Waals surface area contributed by atoms with Crippen molar-refractivity contribution in [3.8, 4) is 17.2 Å². The second-order valence-electron chi connectivity index (χ2n) is 8.07. The van der Waals surface area contributed by atoms with E-state index in [1.165, 1.54) is 4.90 Å². The van der Waals surface area contributed by atoms with Gasteiger partial charge in [-0.05, 0) is 53.6 Å². The molecule has 0 spiro atoms. The molecule has 2 atom stereocenters. The molecule has 0 saturated carbocycles. The van der Waals surface area contributed by atoms with Crippen molar-refractivity contribution in [2.24, 2.45) is 5.92 Å². The number of nitriles is 1. The van der Waals surface area contributed by atoms with Gasteiger partial charge in [-0.15, -0.1) is 11.3 Å². The summed E-state index contributed by atoms with van der Waals surface area (Å²) < 4.78 is 0. The predicted molar refractivity (Wildman–Crippen MR) is 129 cm³/mol. The first-order valence-corrected chi connectivity index (χ1v) is 11.3. The average molecular weight is 441 g/mol. The Labute approximate surface area is 192 Å². The molecule has 2 heterocycles. The maximum Gasteiger partial charge on any atom is 0.235 e. The highest BCUT2D eigenvalue weighted by Crippen LogP contribution is 2.41. The summed E-state index contributed by atoms with van der Waals surface area (Å²) in [6.07, 6.45) is 4.61. The largest absolute Gasteiger partial charge is 0.345 e. The van der Waals surface area contributed by atoms with E-state index in [0.29, 0.717) is 12.0 Å². The van der Waals surface area contributed by atoms with Crippen LogP contribution in [0.4, 0.5) is 0 Å². The van der Waals surface area contributed by atoms with Gasteiger partial charge in [0, 0.05) is 11.9 Å². The summed E-state index contributed by atoms with van der Waals surface area (Å²) in [4.78, 5) is 15.6. The molecule has 160 valence electrons. The molecular formula is C26H24N4OS. The molecule has 1 fully saturated rings. The molecule has 1 amide bonds. The van der Waals surface area contributed by atoms with Gasteiger partial charge >= 0.3 is 0 Å². The molecule has 1 unspecified atom stereocenters. The number of carbonyl (C=O) groups is 1. The summed E-state index contributed by atoms with van der Waals surface area (Å²) >= 11 is 1.57. The molecule has 6 heteroatoms. The number of carbonyl (C=O) groups excluding carboxylic acids is 1. The molecule has 1 aliphatic heterocycles. The van der Waals surface area contributed by atoms with Crippen molar-refractivity contribution in [1.29, 1.82) is 10.7 Å². The number of allylic oxidation sites excluding steroid dienone is 1. The lowest BCUT2D eigenvalue weighted by molar-refractivity contribution is -0.135. The molecule has 2 aromatic carbocycles. The normalized spacial score (nSPS) is 20.9. The third kappa shape index (κ3) is 4.08. The molecule has 2 N–H and O–H groups in total. The zero-order valence-corrected chi connectivity index (χ0v) is 18.8. The fraction of sp³-hybridized carbons (Fsp3) is 0.192. The summed E-state index contributed by atoms with van der Waals surface area (Å²) in [7, 11) is 1.64. The summed E-state index contributed by atoms with van der Waals surface area (Å²) in [5.74, 6) is -0.337. The molecule has 3 aromatic rings. The minimum absolute atomic E-state index is 0.0737. The maximum atomic E-state index is 13.2.